The summed E-state index contributed by atoms with van der Waals surface area (Å²) in [7, 11) is 0. The molecule has 104 valence electrons. The van der Waals surface area contributed by atoms with Gasteiger partial charge in [0.25, 0.3) is 5.91 Å². The van der Waals surface area contributed by atoms with Crippen LogP contribution in [0.25, 0.3) is 0 Å². The lowest BCUT2D eigenvalue weighted by Crippen LogP contribution is -2.38. The average Bonchev–Trinajstić information content (AvgIpc) is 3.20. The van der Waals surface area contributed by atoms with Crippen LogP contribution in [0.4, 0.5) is 0 Å². The van der Waals surface area contributed by atoms with Gasteiger partial charge in [0, 0.05) is 18.8 Å². The van der Waals surface area contributed by atoms with Gasteiger partial charge in [-0.3, -0.25) is 4.79 Å². The van der Waals surface area contributed by atoms with Crippen molar-refractivity contribution in [1.82, 2.24) is 15.2 Å². The van der Waals surface area contributed by atoms with Gasteiger partial charge in [-0.2, -0.15) is 0 Å². The van der Waals surface area contributed by atoms with Gasteiger partial charge in [0.1, 0.15) is 5.69 Å². The summed E-state index contributed by atoms with van der Waals surface area (Å²) >= 11 is 6.02. The Bertz CT molecular complexity index is 461. The molecule has 1 saturated heterocycles. The Morgan fingerprint density at radius 2 is 2.32 bits per heavy atom. The van der Waals surface area contributed by atoms with Crippen LogP contribution in [0.1, 0.15) is 42.2 Å². The molecule has 2 N–H and O–H groups in total. The summed E-state index contributed by atoms with van der Waals surface area (Å²) in [5, 5.41) is 7.06. The molecule has 0 bridgehead atoms. The van der Waals surface area contributed by atoms with Crippen molar-refractivity contribution in [2.24, 2.45) is 5.92 Å². The fourth-order valence-electron chi connectivity index (χ4n) is 2.71. The summed E-state index contributed by atoms with van der Waals surface area (Å²) in [6.07, 6.45) is 6.56. The predicted molar refractivity (Wildman–Crippen MR) is 75.6 cm³/mol. The molecule has 2 heterocycles. The van der Waals surface area contributed by atoms with Gasteiger partial charge in [-0.05, 0) is 50.8 Å². The molecule has 1 atom stereocenters. The molecule has 4 nitrogen and oxygen atoms in total. The standard InChI is InChI=1S/C14H20ClN3O/c15-11-6-13(18(9-11)12-3-4-12)14(19)17-8-10-2-1-5-16-7-10/h6,9-10,12,16H,1-5,7-8H2,(H,17,19). The van der Waals surface area contributed by atoms with Gasteiger partial charge < -0.3 is 15.2 Å². The molecule has 1 aliphatic heterocycles. The zero-order chi connectivity index (χ0) is 13.2. The highest BCUT2D eigenvalue weighted by molar-refractivity contribution is 6.31. The highest BCUT2D eigenvalue weighted by Gasteiger charge is 2.28. The number of nitrogens with zero attached hydrogens (tertiary/aromatic N) is 1. The number of nitrogens with one attached hydrogen (secondary N) is 2. The van der Waals surface area contributed by atoms with E-state index in [0.29, 0.717) is 22.7 Å². The number of rotatable bonds is 4. The number of halogens is 1. The van der Waals surface area contributed by atoms with Crippen molar-refractivity contribution < 1.29 is 4.79 Å². The number of aromatic nitrogens is 1. The molecule has 0 spiro atoms. The third-order valence-electron chi connectivity index (χ3n) is 3.94. The topological polar surface area (TPSA) is 46.1 Å². The van der Waals surface area contributed by atoms with Gasteiger partial charge in [-0.1, -0.05) is 11.6 Å². The Morgan fingerprint density at radius 3 is 3.00 bits per heavy atom. The van der Waals surface area contributed by atoms with Crippen molar-refractivity contribution in [1.29, 1.82) is 0 Å². The van der Waals surface area contributed by atoms with E-state index < -0.39 is 0 Å². The molecule has 0 radical (unpaired) electrons. The van der Waals surface area contributed by atoms with E-state index in [1.54, 1.807) is 6.07 Å². The van der Waals surface area contributed by atoms with Crippen molar-refractivity contribution in [2.45, 2.75) is 31.7 Å². The number of amides is 1. The van der Waals surface area contributed by atoms with Gasteiger partial charge in [-0.15, -0.1) is 0 Å². The van der Waals surface area contributed by atoms with Crippen molar-refractivity contribution in [2.75, 3.05) is 19.6 Å². The predicted octanol–water partition coefficient (Wildman–Crippen LogP) is 2.21. The van der Waals surface area contributed by atoms with E-state index in [-0.39, 0.29) is 5.91 Å². The van der Waals surface area contributed by atoms with Gasteiger partial charge >= 0.3 is 0 Å². The van der Waals surface area contributed by atoms with E-state index in [2.05, 4.69) is 10.6 Å². The van der Waals surface area contributed by atoms with Gasteiger partial charge in [0.2, 0.25) is 0 Å². The fourth-order valence-corrected chi connectivity index (χ4v) is 2.92. The normalized spacial score (nSPS) is 23.3. The molecule has 2 aliphatic rings. The van der Waals surface area contributed by atoms with Crippen molar-refractivity contribution in [3.63, 3.8) is 0 Å². The van der Waals surface area contributed by atoms with E-state index in [1.165, 1.54) is 12.8 Å². The molecule has 0 aromatic carbocycles. The minimum atomic E-state index is 0.00405. The van der Waals surface area contributed by atoms with Crippen LogP contribution in [0.15, 0.2) is 12.3 Å². The lowest BCUT2D eigenvalue weighted by molar-refractivity contribution is 0.0935. The van der Waals surface area contributed by atoms with Crippen LogP contribution in [-0.4, -0.2) is 30.1 Å². The molecule has 5 heteroatoms. The molecule has 2 fully saturated rings. The first kappa shape index (κ1) is 13.0. The lowest BCUT2D eigenvalue weighted by atomic mass is 10.00. The Morgan fingerprint density at radius 1 is 1.47 bits per heavy atom. The Kier molecular flexibility index (Phi) is 3.80. The van der Waals surface area contributed by atoms with Crippen molar-refractivity contribution >= 4 is 17.5 Å². The number of hydrogen-bond donors (Lipinski definition) is 2. The van der Waals surface area contributed by atoms with Gasteiger partial charge in [0.05, 0.1) is 5.02 Å². The Hall–Kier alpha value is -1.00. The van der Waals surface area contributed by atoms with E-state index in [0.717, 1.165) is 32.5 Å². The summed E-state index contributed by atoms with van der Waals surface area (Å²) in [6, 6.07) is 2.25. The van der Waals surface area contributed by atoms with Crippen LogP contribution < -0.4 is 10.6 Å². The maximum Gasteiger partial charge on any atom is 0.267 e. The molecule has 19 heavy (non-hydrogen) atoms. The van der Waals surface area contributed by atoms with Crippen LogP contribution in [0.2, 0.25) is 5.02 Å². The van der Waals surface area contributed by atoms with Gasteiger partial charge in [-0.25, -0.2) is 0 Å². The number of hydrogen-bond acceptors (Lipinski definition) is 2. The minimum absolute atomic E-state index is 0.00405. The molecule has 1 aromatic rings. The Balaban J connectivity index is 1.60. The maximum absolute atomic E-state index is 12.2. The molecule has 1 aliphatic carbocycles. The second kappa shape index (κ2) is 5.55. The van der Waals surface area contributed by atoms with Crippen LogP contribution in [0.3, 0.4) is 0 Å². The number of carbonyl (C=O) groups is 1. The first-order valence-corrected chi connectivity index (χ1v) is 7.48. The molecule has 1 saturated carbocycles. The molecule has 3 rings (SSSR count). The molecule has 1 amide bonds. The minimum Gasteiger partial charge on any atom is -0.350 e. The third-order valence-corrected chi connectivity index (χ3v) is 4.15. The average molecular weight is 282 g/mol. The SMILES string of the molecule is O=C(NCC1CCCNC1)c1cc(Cl)cn1C1CC1. The van der Waals surface area contributed by atoms with E-state index in [4.69, 9.17) is 11.6 Å². The summed E-state index contributed by atoms with van der Waals surface area (Å²) in [6.45, 7) is 2.86. The fraction of sp³-hybridized carbons (Fsp3) is 0.643. The smallest absolute Gasteiger partial charge is 0.267 e. The summed E-state index contributed by atoms with van der Waals surface area (Å²) in [5.74, 6) is 0.557. The largest absolute Gasteiger partial charge is 0.350 e. The zero-order valence-corrected chi connectivity index (χ0v) is 11.7. The highest BCUT2D eigenvalue weighted by Crippen LogP contribution is 2.37. The monoisotopic (exact) mass is 281 g/mol. The zero-order valence-electron chi connectivity index (χ0n) is 11.0. The van der Waals surface area contributed by atoms with Crippen molar-refractivity contribution in [3.8, 4) is 0 Å². The van der Waals surface area contributed by atoms with Crippen LogP contribution >= 0.6 is 11.6 Å². The molecule has 1 aromatic heterocycles. The molecular weight excluding hydrogens is 262 g/mol. The van der Waals surface area contributed by atoms with Crippen LogP contribution in [0.5, 0.6) is 0 Å². The molecular formula is C14H20ClN3O. The first-order valence-electron chi connectivity index (χ1n) is 7.10. The van der Waals surface area contributed by atoms with Crippen LogP contribution in [0, 0.1) is 5.92 Å². The van der Waals surface area contributed by atoms with E-state index >= 15 is 0 Å². The Labute approximate surface area is 118 Å². The summed E-state index contributed by atoms with van der Waals surface area (Å²) < 4.78 is 2.02. The van der Waals surface area contributed by atoms with Crippen molar-refractivity contribution in [3.05, 3.63) is 23.0 Å². The second-order valence-electron chi connectivity index (χ2n) is 5.60. The van der Waals surface area contributed by atoms with Crippen LogP contribution in [-0.2, 0) is 0 Å². The van der Waals surface area contributed by atoms with Gasteiger partial charge in [0.15, 0.2) is 0 Å². The number of carbonyl (C=O) groups excluding carboxylic acids is 1. The molecule has 1 unspecified atom stereocenters. The second-order valence-corrected chi connectivity index (χ2v) is 6.04. The summed E-state index contributed by atoms with van der Waals surface area (Å²) in [5.41, 5.74) is 0.705. The highest BCUT2D eigenvalue weighted by atomic mass is 35.5. The number of piperidine rings is 1. The van der Waals surface area contributed by atoms with E-state index in [9.17, 15) is 4.79 Å². The summed E-state index contributed by atoms with van der Waals surface area (Å²) in [4.78, 5) is 12.2. The maximum atomic E-state index is 12.2. The first-order chi connectivity index (χ1) is 9.24. The quantitative estimate of drug-likeness (QED) is 0.889. The third kappa shape index (κ3) is 3.12. The lowest BCUT2D eigenvalue weighted by Gasteiger charge is -2.23. The van der Waals surface area contributed by atoms with E-state index in [1.807, 2.05) is 10.8 Å².